The number of furan rings is 1. The van der Waals surface area contributed by atoms with Crippen molar-refractivity contribution in [2.75, 3.05) is 19.7 Å². The molecule has 1 fully saturated rings. The predicted octanol–water partition coefficient (Wildman–Crippen LogP) is 2.39. The van der Waals surface area contributed by atoms with Crippen LogP contribution in [0.4, 0.5) is 0 Å². The molecule has 108 valence electrons. The first kappa shape index (κ1) is 14.6. The fraction of sp³-hybridized carbons (Fsp3) is 0.733. The lowest BCUT2D eigenvalue weighted by Gasteiger charge is -2.30. The van der Waals surface area contributed by atoms with E-state index in [1.807, 2.05) is 0 Å². The number of nitrogens with zero attached hydrogens (tertiary/aromatic N) is 1. The van der Waals surface area contributed by atoms with Gasteiger partial charge in [0.25, 0.3) is 0 Å². The van der Waals surface area contributed by atoms with E-state index < -0.39 is 0 Å². The molecule has 0 aromatic carbocycles. The molecule has 2 rings (SSSR count). The van der Waals surface area contributed by atoms with Crippen LogP contribution in [0.5, 0.6) is 0 Å². The van der Waals surface area contributed by atoms with Crippen LogP contribution in [0.3, 0.4) is 0 Å². The zero-order valence-electron chi connectivity index (χ0n) is 12.5. The van der Waals surface area contributed by atoms with E-state index in [2.05, 4.69) is 50.0 Å². The summed E-state index contributed by atoms with van der Waals surface area (Å²) >= 11 is 0. The van der Waals surface area contributed by atoms with E-state index in [0.717, 1.165) is 44.3 Å². The highest BCUT2D eigenvalue weighted by Crippen LogP contribution is 2.14. The summed E-state index contributed by atoms with van der Waals surface area (Å²) in [6.07, 6.45) is 0.325. The zero-order chi connectivity index (χ0) is 13.9. The molecule has 0 spiro atoms. The van der Waals surface area contributed by atoms with E-state index >= 15 is 0 Å². The van der Waals surface area contributed by atoms with E-state index in [1.165, 1.54) is 0 Å². The van der Waals surface area contributed by atoms with Crippen LogP contribution in [0.2, 0.25) is 0 Å². The van der Waals surface area contributed by atoms with Crippen molar-refractivity contribution >= 4 is 0 Å². The van der Waals surface area contributed by atoms with Gasteiger partial charge in [0.2, 0.25) is 0 Å². The summed E-state index contributed by atoms with van der Waals surface area (Å²) in [5.74, 6) is 2.05. The van der Waals surface area contributed by atoms with Crippen LogP contribution < -0.4 is 5.32 Å². The fourth-order valence-electron chi connectivity index (χ4n) is 2.21. The Bertz CT molecular complexity index is 395. The summed E-state index contributed by atoms with van der Waals surface area (Å²) in [6, 6.07) is 4.15. The normalized spacial score (nSPS) is 21.8. The van der Waals surface area contributed by atoms with Gasteiger partial charge in [-0.2, -0.15) is 0 Å². The lowest BCUT2D eigenvalue weighted by atomic mass is 10.1. The molecule has 1 aliphatic rings. The Morgan fingerprint density at radius 1 is 1.32 bits per heavy atom. The topological polar surface area (TPSA) is 37.6 Å². The predicted molar refractivity (Wildman–Crippen MR) is 76.0 cm³/mol. The van der Waals surface area contributed by atoms with Gasteiger partial charge in [0.1, 0.15) is 11.5 Å². The third-order valence-electron chi connectivity index (χ3n) is 3.21. The van der Waals surface area contributed by atoms with Crippen molar-refractivity contribution in [1.82, 2.24) is 10.2 Å². The van der Waals surface area contributed by atoms with Crippen LogP contribution >= 0.6 is 0 Å². The van der Waals surface area contributed by atoms with Gasteiger partial charge in [-0.15, -0.1) is 0 Å². The average Bonchev–Trinajstić information content (AvgIpc) is 2.73. The van der Waals surface area contributed by atoms with Crippen molar-refractivity contribution in [2.24, 2.45) is 0 Å². The molecule has 0 radical (unpaired) electrons. The molecule has 4 nitrogen and oxygen atoms in total. The molecule has 1 unspecified atom stereocenters. The minimum atomic E-state index is 0.118. The van der Waals surface area contributed by atoms with E-state index in [4.69, 9.17) is 9.15 Å². The third kappa shape index (κ3) is 4.97. The monoisotopic (exact) mass is 266 g/mol. The standard InChI is InChI=1S/C15H26N2O2/c1-12-10-17(7-8-18-12)11-14-6-5-13(19-14)9-16-15(2,3)4/h5-6,12,16H,7-11H2,1-4H3. The van der Waals surface area contributed by atoms with Crippen LogP contribution in [0.25, 0.3) is 0 Å². The Morgan fingerprint density at radius 3 is 2.74 bits per heavy atom. The van der Waals surface area contributed by atoms with Crippen molar-refractivity contribution in [3.63, 3.8) is 0 Å². The van der Waals surface area contributed by atoms with Crippen LogP contribution in [-0.2, 0) is 17.8 Å². The number of rotatable bonds is 4. The maximum atomic E-state index is 5.87. The van der Waals surface area contributed by atoms with E-state index in [1.54, 1.807) is 0 Å². The van der Waals surface area contributed by atoms with Gasteiger partial charge in [-0.25, -0.2) is 0 Å². The number of morpholine rings is 1. The van der Waals surface area contributed by atoms with E-state index in [0.29, 0.717) is 6.10 Å². The lowest BCUT2D eigenvalue weighted by Crippen LogP contribution is -2.40. The van der Waals surface area contributed by atoms with Gasteiger partial charge in [0.05, 0.1) is 25.8 Å². The molecule has 1 aromatic heterocycles. The molecule has 0 saturated carbocycles. The van der Waals surface area contributed by atoms with Crippen LogP contribution in [0.1, 0.15) is 39.2 Å². The molecular weight excluding hydrogens is 240 g/mol. The van der Waals surface area contributed by atoms with Gasteiger partial charge in [0.15, 0.2) is 0 Å². The highest BCUT2D eigenvalue weighted by Gasteiger charge is 2.18. The number of hydrogen-bond donors (Lipinski definition) is 1. The van der Waals surface area contributed by atoms with Crippen molar-refractivity contribution in [3.8, 4) is 0 Å². The van der Waals surface area contributed by atoms with Crippen molar-refractivity contribution in [1.29, 1.82) is 0 Å². The highest BCUT2D eigenvalue weighted by molar-refractivity contribution is 5.07. The maximum absolute atomic E-state index is 5.87. The van der Waals surface area contributed by atoms with Crippen molar-refractivity contribution in [2.45, 2.75) is 52.4 Å². The molecule has 0 bridgehead atoms. The smallest absolute Gasteiger partial charge is 0.118 e. The van der Waals surface area contributed by atoms with Crippen molar-refractivity contribution in [3.05, 3.63) is 23.7 Å². The quantitative estimate of drug-likeness (QED) is 0.908. The maximum Gasteiger partial charge on any atom is 0.118 e. The van der Waals surface area contributed by atoms with E-state index in [9.17, 15) is 0 Å². The molecule has 1 atom stereocenters. The minimum Gasteiger partial charge on any atom is -0.463 e. The summed E-state index contributed by atoms with van der Waals surface area (Å²) in [5, 5.41) is 3.43. The van der Waals surface area contributed by atoms with Crippen LogP contribution in [-0.4, -0.2) is 36.2 Å². The second kappa shape index (κ2) is 6.07. The largest absolute Gasteiger partial charge is 0.463 e. The minimum absolute atomic E-state index is 0.118. The first-order valence-electron chi connectivity index (χ1n) is 7.09. The molecule has 1 saturated heterocycles. The molecule has 2 heterocycles. The fourth-order valence-corrected chi connectivity index (χ4v) is 2.21. The molecule has 0 amide bonds. The second-order valence-electron chi connectivity index (χ2n) is 6.39. The second-order valence-corrected chi connectivity index (χ2v) is 6.39. The Kier molecular flexibility index (Phi) is 4.66. The van der Waals surface area contributed by atoms with Gasteiger partial charge in [-0.05, 0) is 39.8 Å². The van der Waals surface area contributed by atoms with E-state index in [-0.39, 0.29) is 5.54 Å². The summed E-state index contributed by atoms with van der Waals surface area (Å²) < 4.78 is 11.4. The Hall–Kier alpha value is -0.840. The summed E-state index contributed by atoms with van der Waals surface area (Å²) in [4.78, 5) is 2.38. The van der Waals surface area contributed by atoms with Gasteiger partial charge in [0, 0.05) is 18.6 Å². The van der Waals surface area contributed by atoms with Crippen LogP contribution in [0.15, 0.2) is 16.5 Å². The summed E-state index contributed by atoms with van der Waals surface area (Å²) in [5.41, 5.74) is 0.118. The average molecular weight is 266 g/mol. The summed E-state index contributed by atoms with van der Waals surface area (Å²) in [7, 11) is 0. The molecule has 4 heteroatoms. The number of hydrogen-bond acceptors (Lipinski definition) is 4. The van der Waals surface area contributed by atoms with Gasteiger partial charge in [-0.1, -0.05) is 0 Å². The lowest BCUT2D eigenvalue weighted by molar-refractivity contribution is -0.0231. The SMILES string of the molecule is CC1CN(Cc2ccc(CNC(C)(C)C)o2)CCO1. The Morgan fingerprint density at radius 2 is 2.05 bits per heavy atom. The molecule has 19 heavy (non-hydrogen) atoms. The highest BCUT2D eigenvalue weighted by atomic mass is 16.5. The zero-order valence-corrected chi connectivity index (χ0v) is 12.5. The van der Waals surface area contributed by atoms with Crippen LogP contribution in [0, 0.1) is 0 Å². The molecule has 0 aliphatic carbocycles. The Balaban J connectivity index is 1.83. The number of nitrogens with one attached hydrogen (secondary N) is 1. The van der Waals surface area contributed by atoms with Crippen molar-refractivity contribution < 1.29 is 9.15 Å². The summed E-state index contributed by atoms with van der Waals surface area (Å²) in [6.45, 7) is 13.0. The molecule has 1 aliphatic heterocycles. The van der Waals surface area contributed by atoms with Gasteiger partial charge in [-0.3, -0.25) is 4.90 Å². The Labute approximate surface area is 116 Å². The first-order chi connectivity index (χ1) is 8.92. The molecular formula is C15H26N2O2. The molecule has 1 N–H and O–H groups in total. The van der Waals surface area contributed by atoms with Gasteiger partial charge < -0.3 is 14.5 Å². The third-order valence-corrected chi connectivity index (χ3v) is 3.21. The number of ether oxygens (including phenoxy) is 1. The van der Waals surface area contributed by atoms with Gasteiger partial charge >= 0.3 is 0 Å². The molecule has 1 aromatic rings. The first-order valence-corrected chi connectivity index (χ1v) is 7.09.